The molecule has 0 amide bonds. The highest BCUT2D eigenvalue weighted by molar-refractivity contribution is 4.86. The van der Waals surface area contributed by atoms with Gasteiger partial charge in [-0.1, -0.05) is 19.1 Å². The van der Waals surface area contributed by atoms with Crippen molar-refractivity contribution < 1.29 is 18.9 Å². The van der Waals surface area contributed by atoms with Gasteiger partial charge >= 0.3 is 0 Å². The molecule has 4 nitrogen and oxygen atoms in total. The standard InChI is InChI=1S/C15H26O4/c1-3-5-12-8-18-15(19-9-12)7-6-13-10-16-14(4-2)17-11-13/h3,5,12-15H,4,6-11H2,1-2H3/t12-,13-,14-,15-. The van der Waals surface area contributed by atoms with Gasteiger partial charge in [-0.15, -0.1) is 0 Å². The van der Waals surface area contributed by atoms with Crippen LogP contribution in [0.3, 0.4) is 0 Å². The summed E-state index contributed by atoms with van der Waals surface area (Å²) in [6, 6.07) is 0. The maximum absolute atomic E-state index is 5.72. The molecule has 0 aromatic heterocycles. The van der Waals surface area contributed by atoms with Crippen LogP contribution in [0.25, 0.3) is 0 Å². The third-order valence-electron chi connectivity index (χ3n) is 3.64. The highest BCUT2D eigenvalue weighted by atomic mass is 16.7. The summed E-state index contributed by atoms with van der Waals surface area (Å²) in [5, 5.41) is 0. The number of hydrogen-bond acceptors (Lipinski definition) is 4. The molecule has 0 atom stereocenters. The quantitative estimate of drug-likeness (QED) is 0.720. The molecule has 2 aliphatic rings. The molecule has 2 aliphatic heterocycles. The topological polar surface area (TPSA) is 36.9 Å². The Balaban J connectivity index is 1.59. The molecule has 110 valence electrons. The molecule has 0 radical (unpaired) electrons. The molecular formula is C15H26O4. The molecule has 2 fully saturated rings. The third-order valence-corrected chi connectivity index (χ3v) is 3.64. The predicted octanol–water partition coefficient (Wildman–Crippen LogP) is 2.73. The van der Waals surface area contributed by atoms with E-state index in [0.29, 0.717) is 11.8 Å². The van der Waals surface area contributed by atoms with Crippen molar-refractivity contribution in [3.63, 3.8) is 0 Å². The van der Waals surface area contributed by atoms with Gasteiger partial charge in [-0.2, -0.15) is 0 Å². The van der Waals surface area contributed by atoms with E-state index >= 15 is 0 Å². The predicted molar refractivity (Wildman–Crippen MR) is 72.7 cm³/mol. The minimum Gasteiger partial charge on any atom is -0.352 e. The SMILES string of the molecule is CC=C[C@H]1CO[C@H](CC[C@H]2CO[C@H](CC)OC2)OC1. The van der Waals surface area contributed by atoms with Crippen LogP contribution in [0.15, 0.2) is 12.2 Å². The molecule has 0 saturated carbocycles. The van der Waals surface area contributed by atoms with Gasteiger partial charge in [0.25, 0.3) is 0 Å². The second kappa shape index (κ2) is 8.00. The second-order valence-electron chi connectivity index (χ2n) is 5.33. The summed E-state index contributed by atoms with van der Waals surface area (Å²) in [5.74, 6) is 0.885. The molecule has 2 saturated heterocycles. The maximum Gasteiger partial charge on any atom is 0.157 e. The van der Waals surface area contributed by atoms with Crippen LogP contribution in [0.1, 0.15) is 33.1 Å². The Morgan fingerprint density at radius 1 is 0.895 bits per heavy atom. The van der Waals surface area contributed by atoms with Gasteiger partial charge in [0.15, 0.2) is 12.6 Å². The van der Waals surface area contributed by atoms with Gasteiger partial charge in [-0.25, -0.2) is 0 Å². The lowest BCUT2D eigenvalue weighted by Gasteiger charge is -2.31. The summed E-state index contributed by atoms with van der Waals surface area (Å²) in [5.41, 5.74) is 0. The minimum absolute atomic E-state index is 0.0000183. The van der Waals surface area contributed by atoms with Crippen molar-refractivity contribution in [1.29, 1.82) is 0 Å². The summed E-state index contributed by atoms with van der Waals surface area (Å²) in [7, 11) is 0. The Morgan fingerprint density at radius 3 is 2.11 bits per heavy atom. The lowest BCUT2D eigenvalue weighted by Crippen LogP contribution is -2.34. The van der Waals surface area contributed by atoms with Gasteiger partial charge in [0.05, 0.1) is 26.4 Å². The van der Waals surface area contributed by atoms with Crippen LogP contribution in [-0.2, 0) is 18.9 Å². The molecule has 0 aliphatic carbocycles. The molecule has 0 unspecified atom stereocenters. The van der Waals surface area contributed by atoms with E-state index in [2.05, 4.69) is 19.1 Å². The molecule has 4 heteroatoms. The number of hydrogen-bond donors (Lipinski definition) is 0. The monoisotopic (exact) mass is 270 g/mol. The smallest absolute Gasteiger partial charge is 0.157 e. The first kappa shape index (κ1) is 15.0. The molecule has 2 rings (SSSR count). The zero-order valence-electron chi connectivity index (χ0n) is 12.0. The summed E-state index contributed by atoms with van der Waals surface area (Å²) >= 11 is 0. The average molecular weight is 270 g/mol. The van der Waals surface area contributed by atoms with Gasteiger partial charge in [-0.05, 0) is 26.2 Å². The lowest BCUT2D eigenvalue weighted by molar-refractivity contribution is -0.214. The molecular weight excluding hydrogens is 244 g/mol. The molecule has 0 aromatic rings. The number of ether oxygens (including phenoxy) is 4. The highest BCUT2D eigenvalue weighted by Crippen LogP contribution is 2.22. The molecule has 0 bridgehead atoms. The number of allylic oxidation sites excluding steroid dienone is 1. The van der Waals surface area contributed by atoms with Crippen molar-refractivity contribution >= 4 is 0 Å². The highest BCUT2D eigenvalue weighted by Gasteiger charge is 2.24. The fraction of sp³-hybridized carbons (Fsp3) is 0.867. The van der Waals surface area contributed by atoms with Gasteiger partial charge in [0.1, 0.15) is 0 Å². The van der Waals surface area contributed by atoms with Crippen LogP contribution in [0.5, 0.6) is 0 Å². The van der Waals surface area contributed by atoms with E-state index in [1.807, 2.05) is 6.92 Å². The van der Waals surface area contributed by atoms with Crippen LogP contribution in [0.2, 0.25) is 0 Å². The summed E-state index contributed by atoms with van der Waals surface area (Å²) in [6.07, 6.45) is 7.04. The van der Waals surface area contributed by atoms with Crippen LogP contribution < -0.4 is 0 Å². The van der Waals surface area contributed by atoms with E-state index < -0.39 is 0 Å². The van der Waals surface area contributed by atoms with E-state index in [0.717, 1.165) is 45.7 Å². The Hall–Kier alpha value is -0.420. The van der Waals surface area contributed by atoms with E-state index in [4.69, 9.17) is 18.9 Å². The summed E-state index contributed by atoms with van der Waals surface area (Å²) < 4.78 is 22.7. The van der Waals surface area contributed by atoms with E-state index in [-0.39, 0.29) is 12.6 Å². The van der Waals surface area contributed by atoms with Crippen LogP contribution in [0, 0.1) is 11.8 Å². The molecule has 2 heterocycles. The zero-order valence-corrected chi connectivity index (χ0v) is 12.0. The van der Waals surface area contributed by atoms with E-state index in [9.17, 15) is 0 Å². The first-order chi connectivity index (χ1) is 9.31. The minimum atomic E-state index is -0.0506. The third kappa shape index (κ3) is 4.88. The Kier molecular flexibility index (Phi) is 6.31. The molecule has 0 spiro atoms. The molecule has 0 N–H and O–H groups in total. The second-order valence-corrected chi connectivity index (χ2v) is 5.33. The first-order valence-corrected chi connectivity index (χ1v) is 7.41. The van der Waals surface area contributed by atoms with Gasteiger partial charge in [-0.3, -0.25) is 0 Å². The van der Waals surface area contributed by atoms with Gasteiger partial charge in [0.2, 0.25) is 0 Å². The van der Waals surface area contributed by atoms with Crippen molar-refractivity contribution in [1.82, 2.24) is 0 Å². The van der Waals surface area contributed by atoms with Crippen molar-refractivity contribution in [2.24, 2.45) is 11.8 Å². The summed E-state index contributed by atoms with van der Waals surface area (Å²) in [4.78, 5) is 0. The Bertz CT molecular complexity index is 263. The van der Waals surface area contributed by atoms with Gasteiger partial charge in [0, 0.05) is 11.8 Å². The van der Waals surface area contributed by atoms with Crippen LogP contribution in [-0.4, -0.2) is 39.0 Å². The fourth-order valence-electron chi connectivity index (χ4n) is 2.47. The lowest BCUT2D eigenvalue weighted by atomic mass is 10.0. The maximum atomic E-state index is 5.72. The van der Waals surface area contributed by atoms with Crippen LogP contribution in [0.4, 0.5) is 0 Å². The van der Waals surface area contributed by atoms with E-state index in [1.165, 1.54) is 0 Å². The average Bonchev–Trinajstić information content (AvgIpc) is 2.47. The van der Waals surface area contributed by atoms with E-state index in [1.54, 1.807) is 0 Å². The van der Waals surface area contributed by atoms with Crippen molar-refractivity contribution in [2.75, 3.05) is 26.4 Å². The van der Waals surface area contributed by atoms with Crippen LogP contribution >= 0.6 is 0 Å². The van der Waals surface area contributed by atoms with Gasteiger partial charge < -0.3 is 18.9 Å². The fourth-order valence-corrected chi connectivity index (χ4v) is 2.47. The first-order valence-electron chi connectivity index (χ1n) is 7.41. The number of rotatable bonds is 5. The zero-order chi connectivity index (χ0) is 13.5. The Morgan fingerprint density at radius 2 is 1.53 bits per heavy atom. The molecule has 0 aromatic carbocycles. The normalized spacial score (nSPS) is 36.7. The largest absolute Gasteiger partial charge is 0.352 e. The summed E-state index contributed by atoms with van der Waals surface area (Å²) in [6.45, 7) is 7.24. The Labute approximate surface area is 116 Å². The van der Waals surface area contributed by atoms with Crippen molar-refractivity contribution in [3.05, 3.63) is 12.2 Å². The van der Waals surface area contributed by atoms with Crippen molar-refractivity contribution in [3.8, 4) is 0 Å². The van der Waals surface area contributed by atoms with Crippen molar-refractivity contribution in [2.45, 2.75) is 45.7 Å². The molecule has 19 heavy (non-hydrogen) atoms.